The van der Waals surface area contributed by atoms with Crippen LogP contribution in [-0.2, 0) is 11.2 Å². The van der Waals surface area contributed by atoms with Crippen LogP contribution in [0, 0.1) is 12.7 Å². The van der Waals surface area contributed by atoms with E-state index < -0.39 is 11.7 Å². The lowest BCUT2D eigenvalue weighted by Gasteiger charge is -2.29. The Morgan fingerprint density at radius 3 is 2.50 bits per heavy atom. The number of aromatic nitrogens is 2. The summed E-state index contributed by atoms with van der Waals surface area (Å²) in [5.74, 6) is -1.57. The molecule has 3 aromatic rings. The summed E-state index contributed by atoms with van der Waals surface area (Å²) >= 11 is 0. The Morgan fingerprint density at radius 2 is 1.86 bits per heavy atom. The van der Waals surface area contributed by atoms with Crippen LogP contribution >= 0.6 is 0 Å². The van der Waals surface area contributed by atoms with Crippen molar-refractivity contribution in [3.63, 3.8) is 0 Å². The molecule has 0 unspecified atom stereocenters. The van der Waals surface area contributed by atoms with Crippen LogP contribution in [0.25, 0.3) is 5.69 Å². The van der Waals surface area contributed by atoms with Crippen molar-refractivity contribution in [3.8, 4) is 11.4 Å². The van der Waals surface area contributed by atoms with Crippen LogP contribution in [0.5, 0.6) is 5.75 Å². The third kappa shape index (κ3) is 3.88. The highest BCUT2D eigenvalue weighted by molar-refractivity contribution is 6.09. The molecule has 1 aromatic heterocycles. The highest BCUT2D eigenvalue weighted by Crippen LogP contribution is 2.33. The maximum atomic E-state index is 14.6. The number of aryl methyl sites for hydroxylation is 1. The van der Waals surface area contributed by atoms with Crippen molar-refractivity contribution >= 4 is 29.1 Å². The lowest BCUT2D eigenvalue weighted by atomic mass is 10.0. The second-order valence-electron chi connectivity index (χ2n) is 8.83. The Morgan fingerprint density at radius 1 is 1.08 bits per heavy atom. The summed E-state index contributed by atoms with van der Waals surface area (Å²) in [5.41, 5.74) is 8.79. The van der Waals surface area contributed by atoms with Crippen molar-refractivity contribution in [2.24, 2.45) is 5.73 Å². The summed E-state index contributed by atoms with van der Waals surface area (Å²) in [6.45, 7) is 4.95. The number of fused-ring (bicyclic) bond motifs is 1. The molecule has 186 valence electrons. The van der Waals surface area contributed by atoms with E-state index in [1.54, 1.807) is 22.8 Å². The van der Waals surface area contributed by atoms with Gasteiger partial charge in [-0.1, -0.05) is 0 Å². The van der Waals surface area contributed by atoms with E-state index in [0.717, 1.165) is 17.7 Å². The fraction of sp³-hybridized carbons (Fsp3) is 0.308. The minimum absolute atomic E-state index is 0.00799. The lowest BCUT2D eigenvalue weighted by Crippen LogP contribution is -2.39. The standard InChI is InChI=1S/C26H26FN5O4/c1-3-36-21-9-7-17(14-19(21)27)32-24-18(23(29-32)25(28)34)10-12-30(26(24)35)16-6-8-20(15(2)13-16)31-11-4-5-22(31)33/h6-9,13-14H,3-5,10-12H2,1-2H3,(H2,28,34). The van der Waals surface area contributed by atoms with Gasteiger partial charge in [-0.15, -0.1) is 0 Å². The molecule has 2 N–H and O–H groups in total. The van der Waals surface area contributed by atoms with E-state index in [9.17, 15) is 18.8 Å². The molecule has 2 aliphatic rings. The van der Waals surface area contributed by atoms with Crippen molar-refractivity contribution in [2.75, 3.05) is 29.5 Å². The number of rotatable bonds is 6. The van der Waals surface area contributed by atoms with Crippen LogP contribution in [0.1, 0.15) is 51.9 Å². The molecule has 0 saturated carbocycles. The maximum absolute atomic E-state index is 14.6. The second-order valence-corrected chi connectivity index (χ2v) is 8.83. The predicted octanol–water partition coefficient (Wildman–Crippen LogP) is 3.15. The fourth-order valence-electron chi connectivity index (χ4n) is 4.90. The number of anilines is 2. The van der Waals surface area contributed by atoms with Crippen molar-refractivity contribution < 1.29 is 23.5 Å². The maximum Gasteiger partial charge on any atom is 0.277 e. The highest BCUT2D eigenvalue weighted by Gasteiger charge is 2.35. The van der Waals surface area contributed by atoms with Gasteiger partial charge in [0.25, 0.3) is 11.8 Å². The van der Waals surface area contributed by atoms with Crippen LogP contribution in [0.3, 0.4) is 0 Å². The van der Waals surface area contributed by atoms with Crippen LogP contribution in [0.4, 0.5) is 15.8 Å². The summed E-state index contributed by atoms with van der Waals surface area (Å²) in [7, 11) is 0. The van der Waals surface area contributed by atoms with Gasteiger partial charge in [0.2, 0.25) is 5.91 Å². The number of hydrogen-bond acceptors (Lipinski definition) is 5. The Balaban J connectivity index is 1.54. The number of carbonyl (C=O) groups is 3. The first-order chi connectivity index (χ1) is 17.3. The van der Waals surface area contributed by atoms with E-state index in [0.29, 0.717) is 43.8 Å². The van der Waals surface area contributed by atoms with E-state index >= 15 is 0 Å². The number of halogens is 1. The minimum atomic E-state index is -0.756. The number of hydrogen-bond donors (Lipinski definition) is 1. The number of ether oxygens (including phenoxy) is 1. The average Bonchev–Trinajstić information content (AvgIpc) is 3.45. The molecule has 36 heavy (non-hydrogen) atoms. The first kappa shape index (κ1) is 23.5. The number of carbonyl (C=O) groups excluding carboxylic acids is 3. The summed E-state index contributed by atoms with van der Waals surface area (Å²) in [6.07, 6.45) is 1.71. The first-order valence-corrected chi connectivity index (χ1v) is 11.9. The topological polar surface area (TPSA) is 111 Å². The third-order valence-corrected chi connectivity index (χ3v) is 6.57. The molecular formula is C26H26FN5O4. The fourth-order valence-corrected chi connectivity index (χ4v) is 4.90. The molecule has 0 radical (unpaired) electrons. The smallest absolute Gasteiger partial charge is 0.277 e. The van der Waals surface area contributed by atoms with E-state index in [4.69, 9.17) is 10.5 Å². The van der Waals surface area contributed by atoms with Gasteiger partial charge >= 0.3 is 0 Å². The van der Waals surface area contributed by atoms with Crippen molar-refractivity contribution in [1.82, 2.24) is 9.78 Å². The summed E-state index contributed by atoms with van der Waals surface area (Å²) in [4.78, 5) is 41.4. The zero-order chi connectivity index (χ0) is 25.6. The van der Waals surface area contributed by atoms with E-state index in [1.165, 1.54) is 16.8 Å². The van der Waals surface area contributed by atoms with Gasteiger partial charge in [0.15, 0.2) is 17.3 Å². The van der Waals surface area contributed by atoms with Gasteiger partial charge in [0, 0.05) is 42.5 Å². The highest BCUT2D eigenvalue weighted by atomic mass is 19.1. The Kier molecular flexibility index (Phi) is 5.95. The minimum Gasteiger partial charge on any atom is -0.491 e. The quantitative estimate of drug-likeness (QED) is 0.570. The monoisotopic (exact) mass is 491 g/mol. The number of nitrogens with two attached hydrogens (primary N) is 1. The number of primary amides is 1. The molecule has 1 fully saturated rings. The number of benzene rings is 2. The molecule has 1 saturated heterocycles. The van der Waals surface area contributed by atoms with E-state index in [1.807, 2.05) is 25.1 Å². The van der Waals surface area contributed by atoms with Gasteiger partial charge in [0.05, 0.1) is 12.3 Å². The van der Waals surface area contributed by atoms with Gasteiger partial charge in [0.1, 0.15) is 5.69 Å². The van der Waals surface area contributed by atoms with Gasteiger partial charge in [-0.3, -0.25) is 14.4 Å². The van der Waals surface area contributed by atoms with Crippen LogP contribution in [0.15, 0.2) is 36.4 Å². The lowest BCUT2D eigenvalue weighted by molar-refractivity contribution is -0.117. The predicted molar refractivity (Wildman–Crippen MR) is 131 cm³/mol. The van der Waals surface area contributed by atoms with E-state index in [-0.39, 0.29) is 34.6 Å². The molecule has 10 heteroatoms. The molecule has 0 atom stereocenters. The van der Waals surface area contributed by atoms with Crippen LogP contribution in [-0.4, -0.2) is 47.2 Å². The van der Waals surface area contributed by atoms with Gasteiger partial charge in [-0.2, -0.15) is 5.10 Å². The van der Waals surface area contributed by atoms with E-state index in [2.05, 4.69) is 5.10 Å². The normalized spacial score (nSPS) is 15.4. The molecule has 0 spiro atoms. The molecule has 0 aliphatic carbocycles. The van der Waals surface area contributed by atoms with Gasteiger partial charge < -0.3 is 20.3 Å². The second kappa shape index (κ2) is 9.10. The molecule has 0 bridgehead atoms. The van der Waals surface area contributed by atoms with Crippen molar-refractivity contribution in [1.29, 1.82) is 0 Å². The zero-order valence-corrected chi connectivity index (χ0v) is 20.1. The Hall–Kier alpha value is -4.21. The SMILES string of the molecule is CCOc1ccc(-n2nc(C(N)=O)c3c2C(=O)N(c2ccc(N4CCCC4=O)c(C)c2)CC3)cc1F. The number of nitrogens with zero attached hydrogens (tertiary/aromatic N) is 4. The van der Waals surface area contributed by atoms with Gasteiger partial charge in [-0.05, 0) is 62.6 Å². The Labute approximate surface area is 207 Å². The Bertz CT molecular complexity index is 1400. The summed E-state index contributed by atoms with van der Waals surface area (Å²) in [5, 5.41) is 4.29. The molecule has 3 heterocycles. The molecule has 2 aromatic carbocycles. The summed E-state index contributed by atoms with van der Waals surface area (Å²) < 4.78 is 21.2. The van der Waals surface area contributed by atoms with Crippen molar-refractivity contribution in [2.45, 2.75) is 33.1 Å². The molecule has 9 nitrogen and oxygen atoms in total. The molecular weight excluding hydrogens is 465 g/mol. The third-order valence-electron chi connectivity index (χ3n) is 6.57. The largest absolute Gasteiger partial charge is 0.491 e. The summed E-state index contributed by atoms with van der Waals surface area (Å²) in [6, 6.07) is 9.77. The molecule has 5 rings (SSSR count). The van der Waals surface area contributed by atoms with Crippen LogP contribution in [0.2, 0.25) is 0 Å². The molecule has 3 amide bonds. The van der Waals surface area contributed by atoms with Crippen molar-refractivity contribution in [3.05, 3.63) is 64.7 Å². The zero-order valence-electron chi connectivity index (χ0n) is 20.1. The number of amides is 3. The average molecular weight is 492 g/mol. The molecule has 2 aliphatic heterocycles. The van der Waals surface area contributed by atoms with Gasteiger partial charge in [-0.25, -0.2) is 9.07 Å². The first-order valence-electron chi connectivity index (χ1n) is 11.9. The van der Waals surface area contributed by atoms with Crippen LogP contribution < -0.4 is 20.3 Å².